The molecule has 29 heavy (non-hydrogen) atoms. The van der Waals surface area contributed by atoms with E-state index in [0.717, 1.165) is 5.56 Å². The van der Waals surface area contributed by atoms with Crippen molar-refractivity contribution >= 4 is 23.3 Å². The number of nitrogens with one attached hydrogen (secondary N) is 1. The summed E-state index contributed by atoms with van der Waals surface area (Å²) in [6.07, 6.45) is 0. The van der Waals surface area contributed by atoms with E-state index in [4.69, 9.17) is 9.47 Å². The van der Waals surface area contributed by atoms with Crippen LogP contribution < -0.4 is 10.1 Å². The SMILES string of the molecule is Cc1cccc([N+](=O)[O-])c1NC(=O)COC(=O)COc1ccccc1C(C)(C)C. The first-order valence-corrected chi connectivity index (χ1v) is 9.01. The average Bonchev–Trinajstić information content (AvgIpc) is 2.65. The number of para-hydroxylation sites is 2. The van der Waals surface area contributed by atoms with Crippen LogP contribution in [-0.4, -0.2) is 30.0 Å². The van der Waals surface area contributed by atoms with Crippen LogP contribution in [0.2, 0.25) is 0 Å². The Bertz CT molecular complexity index is 918. The zero-order valence-electron chi connectivity index (χ0n) is 16.9. The molecule has 0 aromatic heterocycles. The molecular weight excluding hydrogens is 376 g/mol. The van der Waals surface area contributed by atoms with Gasteiger partial charge >= 0.3 is 5.97 Å². The lowest BCUT2D eigenvalue weighted by atomic mass is 9.86. The number of nitro groups is 1. The molecule has 0 aliphatic rings. The Morgan fingerprint density at radius 3 is 2.41 bits per heavy atom. The molecule has 1 amide bonds. The molecule has 0 bridgehead atoms. The monoisotopic (exact) mass is 400 g/mol. The van der Waals surface area contributed by atoms with Crippen LogP contribution in [0.3, 0.4) is 0 Å². The van der Waals surface area contributed by atoms with Gasteiger partial charge in [-0.3, -0.25) is 14.9 Å². The van der Waals surface area contributed by atoms with Crippen molar-refractivity contribution in [3.63, 3.8) is 0 Å². The fraction of sp³-hybridized carbons (Fsp3) is 0.333. The third-order valence-electron chi connectivity index (χ3n) is 4.12. The molecule has 0 radical (unpaired) electrons. The van der Waals surface area contributed by atoms with E-state index in [1.54, 1.807) is 25.1 Å². The van der Waals surface area contributed by atoms with Crippen molar-refractivity contribution in [2.24, 2.45) is 0 Å². The molecule has 8 nitrogen and oxygen atoms in total. The quantitative estimate of drug-likeness (QED) is 0.431. The summed E-state index contributed by atoms with van der Waals surface area (Å²) in [5.41, 5.74) is 1.15. The summed E-state index contributed by atoms with van der Waals surface area (Å²) in [5, 5.41) is 13.5. The van der Waals surface area contributed by atoms with Gasteiger partial charge < -0.3 is 14.8 Å². The Kier molecular flexibility index (Phi) is 6.93. The number of esters is 1. The summed E-state index contributed by atoms with van der Waals surface area (Å²) in [4.78, 5) is 34.5. The number of rotatable bonds is 7. The number of anilines is 1. The zero-order valence-corrected chi connectivity index (χ0v) is 16.9. The molecule has 2 aromatic carbocycles. The molecule has 1 N–H and O–H groups in total. The molecule has 2 aromatic rings. The van der Waals surface area contributed by atoms with E-state index < -0.39 is 23.4 Å². The van der Waals surface area contributed by atoms with Gasteiger partial charge in [-0.25, -0.2) is 4.79 Å². The van der Waals surface area contributed by atoms with Gasteiger partial charge in [-0.1, -0.05) is 51.1 Å². The summed E-state index contributed by atoms with van der Waals surface area (Å²) in [5.74, 6) is -0.828. The molecule has 0 aliphatic heterocycles. The van der Waals surface area contributed by atoms with E-state index in [1.807, 2.05) is 32.9 Å². The second-order valence-corrected chi connectivity index (χ2v) is 7.47. The summed E-state index contributed by atoms with van der Waals surface area (Å²) in [7, 11) is 0. The van der Waals surface area contributed by atoms with Crippen LogP contribution in [0, 0.1) is 17.0 Å². The van der Waals surface area contributed by atoms with E-state index in [0.29, 0.717) is 11.3 Å². The number of ether oxygens (including phenoxy) is 2. The molecule has 0 unspecified atom stereocenters. The molecule has 0 aliphatic carbocycles. The van der Waals surface area contributed by atoms with Crippen molar-refractivity contribution in [3.8, 4) is 5.75 Å². The van der Waals surface area contributed by atoms with Crippen molar-refractivity contribution in [1.29, 1.82) is 0 Å². The van der Waals surface area contributed by atoms with Crippen molar-refractivity contribution in [1.82, 2.24) is 0 Å². The largest absolute Gasteiger partial charge is 0.482 e. The van der Waals surface area contributed by atoms with Crippen molar-refractivity contribution < 1.29 is 24.0 Å². The maximum atomic E-state index is 12.1. The number of carbonyl (C=O) groups is 2. The van der Waals surface area contributed by atoms with Gasteiger partial charge in [0.05, 0.1) is 4.92 Å². The minimum atomic E-state index is -0.719. The number of amides is 1. The summed E-state index contributed by atoms with van der Waals surface area (Å²) in [6, 6.07) is 11.8. The Balaban J connectivity index is 1.91. The van der Waals surface area contributed by atoms with Gasteiger partial charge in [0, 0.05) is 6.07 Å². The van der Waals surface area contributed by atoms with Gasteiger partial charge in [0.15, 0.2) is 13.2 Å². The molecule has 0 heterocycles. The number of nitro benzene ring substituents is 1. The molecule has 0 atom stereocenters. The number of benzene rings is 2. The smallest absolute Gasteiger partial charge is 0.344 e. The Morgan fingerprint density at radius 1 is 1.07 bits per heavy atom. The lowest BCUT2D eigenvalue weighted by Crippen LogP contribution is -2.24. The van der Waals surface area contributed by atoms with Crippen LogP contribution in [0.25, 0.3) is 0 Å². The van der Waals surface area contributed by atoms with Crippen LogP contribution in [0.1, 0.15) is 31.9 Å². The first-order chi connectivity index (χ1) is 13.6. The summed E-state index contributed by atoms with van der Waals surface area (Å²) < 4.78 is 10.5. The normalized spacial score (nSPS) is 10.9. The number of hydrogen-bond acceptors (Lipinski definition) is 6. The molecule has 8 heteroatoms. The maximum Gasteiger partial charge on any atom is 0.344 e. The van der Waals surface area contributed by atoms with Crippen LogP contribution >= 0.6 is 0 Å². The van der Waals surface area contributed by atoms with Crippen LogP contribution in [0.15, 0.2) is 42.5 Å². The lowest BCUT2D eigenvalue weighted by molar-refractivity contribution is -0.384. The van der Waals surface area contributed by atoms with E-state index in [-0.39, 0.29) is 23.4 Å². The molecule has 0 fully saturated rings. The second kappa shape index (κ2) is 9.18. The molecule has 0 spiro atoms. The highest BCUT2D eigenvalue weighted by Crippen LogP contribution is 2.31. The minimum Gasteiger partial charge on any atom is -0.482 e. The Morgan fingerprint density at radius 2 is 1.76 bits per heavy atom. The highest BCUT2D eigenvalue weighted by molar-refractivity contribution is 5.95. The van der Waals surface area contributed by atoms with E-state index in [9.17, 15) is 19.7 Å². The van der Waals surface area contributed by atoms with E-state index >= 15 is 0 Å². The van der Waals surface area contributed by atoms with Gasteiger partial charge in [0.2, 0.25) is 0 Å². The Labute approximate surface area is 169 Å². The lowest BCUT2D eigenvalue weighted by Gasteiger charge is -2.22. The molecular formula is C21H24N2O6. The first-order valence-electron chi connectivity index (χ1n) is 9.01. The van der Waals surface area contributed by atoms with Crippen molar-refractivity contribution in [3.05, 3.63) is 63.7 Å². The van der Waals surface area contributed by atoms with Gasteiger partial charge in [-0.15, -0.1) is 0 Å². The number of nitrogens with zero attached hydrogens (tertiary/aromatic N) is 1. The fourth-order valence-corrected chi connectivity index (χ4v) is 2.68. The molecule has 0 saturated heterocycles. The Hall–Kier alpha value is -3.42. The van der Waals surface area contributed by atoms with E-state index in [2.05, 4.69) is 5.32 Å². The number of aryl methyl sites for hydroxylation is 1. The second-order valence-electron chi connectivity index (χ2n) is 7.47. The molecule has 0 saturated carbocycles. The minimum absolute atomic E-state index is 0.0777. The predicted molar refractivity (Wildman–Crippen MR) is 108 cm³/mol. The topological polar surface area (TPSA) is 108 Å². The van der Waals surface area contributed by atoms with Crippen molar-refractivity contribution in [2.45, 2.75) is 33.1 Å². The zero-order chi connectivity index (χ0) is 21.6. The third kappa shape index (κ3) is 6.03. The van der Waals surface area contributed by atoms with Crippen molar-refractivity contribution in [2.75, 3.05) is 18.5 Å². The van der Waals surface area contributed by atoms with Gasteiger partial charge in [-0.2, -0.15) is 0 Å². The average molecular weight is 400 g/mol. The third-order valence-corrected chi connectivity index (χ3v) is 4.12. The van der Waals surface area contributed by atoms with Crippen LogP contribution in [0.4, 0.5) is 11.4 Å². The molecule has 2 rings (SSSR count). The van der Waals surface area contributed by atoms with Gasteiger partial charge in [0.25, 0.3) is 11.6 Å². The molecule has 154 valence electrons. The van der Waals surface area contributed by atoms with Crippen LogP contribution in [-0.2, 0) is 19.7 Å². The van der Waals surface area contributed by atoms with E-state index in [1.165, 1.54) is 12.1 Å². The van der Waals surface area contributed by atoms with Gasteiger partial charge in [-0.05, 0) is 29.5 Å². The first kappa shape index (κ1) is 21.9. The highest BCUT2D eigenvalue weighted by Gasteiger charge is 2.20. The van der Waals surface area contributed by atoms with Gasteiger partial charge in [0.1, 0.15) is 11.4 Å². The summed E-state index contributed by atoms with van der Waals surface area (Å²) in [6.45, 7) is 6.79. The number of carbonyl (C=O) groups excluding carboxylic acids is 2. The van der Waals surface area contributed by atoms with Crippen LogP contribution in [0.5, 0.6) is 5.75 Å². The number of hydrogen-bond donors (Lipinski definition) is 1. The maximum absolute atomic E-state index is 12.1. The highest BCUT2D eigenvalue weighted by atomic mass is 16.6. The fourth-order valence-electron chi connectivity index (χ4n) is 2.68. The predicted octanol–water partition coefficient (Wildman–Crippen LogP) is 3.76. The standard InChI is InChI=1S/C21H24N2O6/c1-14-8-7-10-16(23(26)27)20(14)22-18(24)12-29-19(25)13-28-17-11-6-5-9-15(17)21(2,3)4/h5-11H,12-13H2,1-4H3,(H,22,24). The summed E-state index contributed by atoms with van der Waals surface area (Å²) >= 11 is 0.